The van der Waals surface area contributed by atoms with Gasteiger partial charge in [-0.25, -0.2) is 0 Å². The molecule has 1 aromatic heterocycles. The average molecular weight is 268 g/mol. The summed E-state index contributed by atoms with van der Waals surface area (Å²) in [6.45, 7) is 1.85. The predicted molar refractivity (Wildman–Crippen MR) is 70.4 cm³/mol. The molecule has 88 valence electrons. The van der Waals surface area contributed by atoms with E-state index in [1.54, 1.807) is 12.3 Å². The summed E-state index contributed by atoms with van der Waals surface area (Å²) in [4.78, 5) is 4.28. The molecule has 1 aromatic carbocycles. The highest BCUT2D eigenvalue weighted by Gasteiger charge is 2.13. The van der Waals surface area contributed by atoms with Gasteiger partial charge in [-0.05, 0) is 24.6 Å². The molecule has 2 nitrogen and oxygen atoms in total. The van der Waals surface area contributed by atoms with Crippen molar-refractivity contribution in [2.24, 2.45) is 0 Å². The third-order valence-corrected chi connectivity index (χ3v) is 3.47. The molecule has 0 saturated heterocycles. The number of aryl methyl sites for hydroxylation is 1. The molecule has 0 spiro atoms. The van der Waals surface area contributed by atoms with Crippen LogP contribution in [0, 0.1) is 6.92 Å². The number of pyridine rings is 1. The first-order valence-electron chi connectivity index (χ1n) is 5.15. The molecular weight excluding hydrogens is 257 g/mol. The molecule has 2 aromatic rings. The fraction of sp³-hybridized carbons (Fsp3) is 0.154. The third kappa shape index (κ3) is 2.29. The summed E-state index contributed by atoms with van der Waals surface area (Å²) < 4.78 is 0. The van der Waals surface area contributed by atoms with Crippen LogP contribution in [0.2, 0.25) is 10.0 Å². The van der Waals surface area contributed by atoms with Crippen molar-refractivity contribution < 1.29 is 5.11 Å². The molecule has 0 fully saturated rings. The number of rotatable bonds is 2. The van der Waals surface area contributed by atoms with E-state index in [1.807, 2.05) is 25.1 Å². The molecule has 0 amide bonds. The molecule has 2 rings (SSSR count). The van der Waals surface area contributed by atoms with Crippen molar-refractivity contribution in [2.75, 3.05) is 0 Å². The molecule has 17 heavy (non-hydrogen) atoms. The lowest BCUT2D eigenvalue weighted by Gasteiger charge is -2.11. The van der Waals surface area contributed by atoms with Crippen molar-refractivity contribution >= 4 is 23.2 Å². The van der Waals surface area contributed by atoms with Crippen molar-refractivity contribution in [1.29, 1.82) is 0 Å². The van der Waals surface area contributed by atoms with Crippen LogP contribution < -0.4 is 0 Å². The number of halogens is 2. The van der Waals surface area contributed by atoms with Crippen LogP contribution in [-0.4, -0.2) is 10.1 Å². The Bertz CT molecular complexity index is 555. The lowest BCUT2D eigenvalue weighted by molar-refractivity contribution is 0.281. The Balaban J connectivity index is 2.68. The number of hydrogen-bond donors (Lipinski definition) is 1. The van der Waals surface area contributed by atoms with Crippen LogP contribution in [-0.2, 0) is 6.61 Å². The second-order valence-corrected chi connectivity index (χ2v) is 4.50. The average Bonchev–Trinajstić information content (AvgIpc) is 2.32. The van der Waals surface area contributed by atoms with E-state index in [0.717, 1.165) is 16.7 Å². The van der Waals surface area contributed by atoms with Crippen LogP contribution in [0.5, 0.6) is 0 Å². The Labute approximate surface area is 110 Å². The minimum atomic E-state index is -0.0716. The fourth-order valence-electron chi connectivity index (χ4n) is 1.71. The molecule has 0 atom stereocenters. The van der Waals surface area contributed by atoms with Crippen molar-refractivity contribution in [3.05, 3.63) is 51.6 Å². The van der Waals surface area contributed by atoms with Gasteiger partial charge in [0, 0.05) is 17.3 Å². The van der Waals surface area contributed by atoms with Crippen molar-refractivity contribution in [3.8, 4) is 11.3 Å². The number of benzene rings is 1. The predicted octanol–water partition coefficient (Wildman–Crippen LogP) is 3.86. The maximum Gasteiger partial charge on any atom is 0.0775 e. The molecule has 0 unspecified atom stereocenters. The Morgan fingerprint density at radius 1 is 1.24 bits per heavy atom. The van der Waals surface area contributed by atoms with Gasteiger partial charge in [0.2, 0.25) is 0 Å². The van der Waals surface area contributed by atoms with Gasteiger partial charge >= 0.3 is 0 Å². The minimum absolute atomic E-state index is 0.0716. The van der Waals surface area contributed by atoms with Gasteiger partial charge in [0.1, 0.15) is 0 Å². The Kier molecular flexibility index (Phi) is 3.67. The maximum absolute atomic E-state index is 9.40. The van der Waals surface area contributed by atoms with Gasteiger partial charge in [-0.3, -0.25) is 4.98 Å². The number of hydrogen-bond acceptors (Lipinski definition) is 2. The van der Waals surface area contributed by atoms with E-state index in [-0.39, 0.29) is 6.61 Å². The van der Waals surface area contributed by atoms with Gasteiger partial charge in [0.05, 0.1) is 22.3 Å². The maximum atomic E-state index is 9.40. The van der Waals surface area contributed by atoms with Gasteiger partial charge in [0.15, 0.2) is 0 Å². The lowest BCUT2D eigenvalue weighted by atomic mass is 10.0. The molecule has 1 heterocycles. The van der Waals surface area contributed by atoms with Crippen LogP contribution in [0.4, 0.5) is 0 Å². The normalized spacial score (nSPS) is 10.6. The first-order chi connectivity index (χ1) is 8.15. The zero-order valence-electron chi connectivity index (χ0n) is 9.24. The second kappa shape index (κ2) is 5.05. The van der Waals surface area contributed by atoms with E-state index in [1.165, 1.54) is 0 Å². The third-order valence-electron chi connectivity index (χ3n) is 2.65. The summed E-state index contributed by atoms with van der Waals surface area (Å²) in [7, 11) is 0. The zero-order valence-corrected chi connectivity index (χ0v) is 10.8. The Morgan fingerprint density at radius 2 is 2.00 bits per heavy atom. The van der Waals surface area contributed by atoms with Gasteiger partial charge in [-0.15, -0.1) is 0 Å². The lowest BCUT2D eigenvalue weighted by Crippen LogP contribution is -1.97. The summed E-state index contributed by atoms with van der Waals surface area (Å²) in [6.07, 6.45) is 1.70. The molecule has 1 N–H and O–H groups in total. The first-order valence-corrected chi connectivity index (χ1v) is 5.90. The highest BCUT2D eigenvalue weighted by Crippen LogP contribution is 2.34. The smallest absolute Gasteiger partial charge is 0.0775 e. The summed E-state index contributed by atoms with van der Waals surface area (Å²) >= 11 is 12.1. The van der Waals surface area contributed by atoms with E-state index in [9.17, 15) is 5.11 Å². The number of aliphatic hydroxyl groups is 1. The molecular formula is C13H11Cl2NO. The van der Waals surface area contributed by atoms with Gasteiger partial charge < -0.3 is 5.11 Å². The molecule has 0 aliphatic heterocycles. The quantitative estimate of drug-likeness (QED) is 0.897. The Hall–Kier alpha value is -1.09. The number of aliphatic hydroxyl groups excluding tert-OH is 1. The van der Waals surface area contributed by atoms with Crippen molar-refractivity contribution in [3.63, 3.8) is 0 Å². The van der Waals surface area contributed by atoms with Crippen molar-refractivity contribution in [1.82, 2.24) is 4.98 Å². The number of nitrogens with zero attached hydrogens (tertiary/aromatic N) is 1. The summed E-state index contributed by atoms with van der Waals surface area (Å²) in [5.74, 6) is 0. The van der Waals surface area contributed by atoms with Gasteiger partial charge in [-0.1, -0.05) is 35.3 Å². The molecule has 0 bridgehead atoms. The molecule has 0 radical (unpaired) electrons. The molecule has 4 heteroatoms. The topological polar surface area (TPSA) is 33.1 Å². The zero-order chi connectivity index (χ0) is 12.4. The standard InChI is InChI=1S/C13H11Cl2NO/c1-8-5-6-16-13(10(8)7-17)9-3-2-4-11(14)12(9)15/h2-6,17H,7H2,1H3. The van der Waals surface area contributed by atoms with Crippen LogP contribution in [0.3, 0.4) is 0 Å². The van der Waals surface area contributed by atoms with Crippen LogP contribution in [0.1, 0.15) is 11.1 Å². The highest BCUT2D eigenvalue weighted by molar-refractivity contribution is 6.43. The fourth-order valence-corrected chi connectivity index (χ4v) is 2.10. The van der Waals surface area contributed by atoms with E-state index in [2.05, 4.69) is 4.98 Å². The summed E-state index contributed by atoms with van der Waals surface area (Å²) in [5.41, 5.74) is 3.18. The first kappa shape index (κ1) is 12.4. The second-order valence-electron chi connectivity index (χ2n) is 3.71. The largest absolute Gasteiger partial charge is 0.392 e. The molecule has 0 saturated carbocycles. The van der Waals surface area contributed by atoms with E-state index >= 15 is 0 Å². The van der Waals surface area contributed by atoms with Crippen LogP contribution in [0.15, 0.2) is 30.5 Å². The van der Waals surface area contributed by atoms with E-state index < -0.39 is 0 Å². The van der Waals surface area contributed by atoms with Crippen molar-refractivity contribution in [2.45, 2.75) is 13.5 Å². The van der Waals surface area contributed by atoms with Gasteiger partial charge in [-0.2, -0.15) is 0 Å². The SMILES string of the molecule is Cc1ccnc(-c2cccc(Cl)c2Cl)c1CO. The summed E-state index contributed by atoms with van der Waals surface area (Å²) in [5, 5.41) is 10.3. The van der Waals surface area contributed by atoms with E-state index in [0.29, 0.717) is 15.7 Å². The van der Waals surface area contributed by atoms with E-state index in [4.69, 9.17) is 23.2 Å². The summed E-state index contributed by atoms with van der Waals surface area (Å²) in [6, 6.07) is 7.24. The molecule has 0 aliphatic rings. The van der Waals surface area contributed by atoms with Crippen LogP contribution >= 0.6 is 23.2 Å². The van der Waals surface area contributed by atoms with Gasteiger partial charge in [0.25, 0.3) is 0 Å². The highest BCUT2D eigenvalue weighted by atomic mass is 35.5. The monoisotopic (exact) mass is 267 g/mol. The minimum Gasteiger partial charge on any atom is -0.392 e. The number of aromatic nitrogens is 1. The van der Waals surface area contributed by atoms with Crippen LogP contribution in [0.25, 0.3) is 11.3 Å². The molecule has 0 aliphatic carbocycles. The Morgan fingerprint density at radius 3 is 2.71 bits per heavy atom.